The van der Waals surface area contributed by atoms with Gasteiger partial charge in [-0.25, -0.2) is 13.8 Å². The molecule has 6 heteroatoms. The van der Waals surface area contributed by atoms with E-state index in [9.17, 15) is 18.0 Å². The van der Waals surface area contributed by atoms with Gasteiger partial charge in [-0.15, -0.1) is 0 Å². The highest BCUT2D eigenvalue weighted by atomic mass is 19.1. The highest BCUT2D eigenvalue weighted by Gasteiger charge is 2.12. The molecule has 1 aromatic heterocycles. The predicted octanol–water partition coefficient (Wildman–Crippen LogP) is 2.43. The van der Waals surface area contributed by atoms with Crippen molar-refractivity contribution in [1.29, 1.82) is 0 Å². The Morgan fingerprint density at radius 2 is 2.00 bits per heavy atom. The smallest absolute Gasteiger partial charge is 0.256 e. The predicted molar refractivity (Wildman–Crippen MR) is 61.7 cm³/mol. The highest BCUT2D eigenvalue weighted by Crippen LogP contribution is 2.10. The second-order valence-electron chi connectivity index (χ2n) is 3.76. The first kappa shape index (κ1) is 13.1. The van der Waals surface area contributed by atoms with Crippen molar-refractivity contribution in [2.45, 2.75) is 6.54 Å². The topological polar surface area (TPSA) is 42.0 Å². The summed E-state index contributed by atoms with van der Waals surface area (Å²) in [6.45, 7) is -0.239. The monoisotopic (exact) mass is 266 g/mol. The Kier molecular flexibility index (Phi) is 3.79. The number of hydrogen-bond donors (Lipinski definition) is 1. The summed E-state index contributed by atoms with van der Waals surface area (Å²) >= 11 is 0. The Labute approximate surface area is 107 Å². The molecule has 0 saturated carbocycles. The Morgan fingerprint density at radius 3 is 2.74 bits per heavy atom. The number of hydrogen-bond acceptors (Lipinski definition) is 2. The van der Waals surface area contributed by atoms with Crippen molar-refractivity contribution in [3.63, 3.8) is 0 Å². The van der Waals surface area contributed by atoms with Crippen LogP contribution in [0.25, 0.3) is 0 Å². The van der Waals surface area contributed by atoms with Crippen LogP contribution in [-0.2, 0) is 6.54 Å². The number of carbonyl (C=O) groups is 1. The lowest BCUT2D eigenvalue weighted by molar-refractivity contribution is 0.0945. The van der Waals surface area contributed by atoms with Crippen LogP contribution < -0.4 is 5.32 Å². The van der Waals surface area contributed by atoms with Crippen molar-refractivity contribution < 1.29 is 18.0 Å². The molecule has 0 aliphatic carbocycles. The molecular weight excluding hydrogens is 257 g/mol. The van der Waals surface area contributed by atoms with E-state index in [-0.39, 0.29) is 17.7 Å². The molecule has 0 radical (unpaired) electrons. The number of rotatable bonds is 3. The van der Waals surface area contributed by atoms with E-state index in [0.717, 1.165) is 18.2 Å². The van der Waals surface area contributed by atoms with E-state index < -0.39 is 23.5 Å². The fourth-order valence-corrected chi connectivity index (χ4v) is 1.50. The molecule has 1 aromatic carbocycles. The Bertz CT molecular complexity index is 617. The number of carbonyl (C=O) groups excluding carboxylic acids is 1. The molecular formula is C13H9F3N2O. The minimum absolute atomic E-state index is 0.0161. The van der Waals surface area contributed by atoms with Crippen LogP contribution in [0.2, 0.25) is 0 Å². The lowest BCUT2D eigenvalue weighted by Gasteiger charge is -2.06. The number of benzene rings is 1. The van der Waals surface area contributed by atoms with Crippen LogP contribution in [0.4, 0.5) is 13.2 Å². The first-order chi connectivity index (χ1) is 9.08. The molecule has 1 N–H and O–H groups in total. The molecule has 1 heterocycles. The summed E-state index contributed by atoms with van der Waals surface area (Å²) in [6.07, 6.45) is 1.21. The van der Waals surface area contributed by atoms with Crippen molar-refractivity contribution in [1.82, 2.24) is 10.3 Å². The Morgan fingerprint density at radius 1 is 1.21 bits per heavy atom. The lowest BCUT2D eigenvalue weighted by Crippen LogP contribution is -2.24. The van der Waals surface area contributed by atoms with Gasteiger partial charge in [0.15, 0.2) is 0 Å². The molecule has 0 atom stereocenters. The van der Waals surface area contributed by atoms with Gasteiger partial charge in [0.1, 0.15) is 11.6 Å². The van der Waals surface area contributed by atoms with Crippen molar-refractivity contribution in [3.05, 3.63) is 65.2 Å². The standard InChI is InChI=1S/C13H9F3N2O/c14-9-3-4-11(15)8(6-9)7-18-13(19)10-2-1-5-17-12(10)16/h1-6H,7H2,(H,18,19). The maximum Gasteiger partial charge on any atom is 0.256 e. The first-order valence-corrected chi connectivity index (χ1v) is 5.40. The molecule has 0 saturated heterocycles. The third-order valence-electron chi connectivity index (χ3n) is 2.45. The van der Waals surface area contributed by atoms with Crippen LogP contribution in [-0.4, -0.2) is 10.9 Å². The number of nitrogens with zero attached hydrogens (tertiary/aromatic N) is 1. The van der Waals surface area contributed by atoms with Crippen molar-refractivity contribution in [2.24, 2.45) is 0 Å². The summed E-state index contributed by atoms with van der Waals surface area (Å²) in [4.78, 5) is 15.0. The average Bonchev–Trinajstić information content (AvgIpc) is 2.40. The lowest BCUT2D eigenvalue weighted by atomic mass is 10.2. The number of nitrogens with one attached hydrogen (secondary N) is 1. The van der Waals surface area contributed by atoms with Gasteiger partial charge in [0, 0.05) is 18.3 Å². The summed E-state index contributed by atoms with van der Waals surface area (Å²) in [5, 5.41) is 2.30. The normalized spacial score (nSPS) is 10.3. The average molecular weight is 266 g/mol. The SMILES string of the molecule is O=C(NCc1cc(F)ccc1F)c1cccnc1F. The maximum absolute atomic E-state index is 13.3. The molecule has 0 fully saturated rings. The van der Waals surface area contributed by atoms with Crippen LogP contribution >= 0.6 is 0 Å². The number of pyridine rings is 1. The molecule has 98 valence electrons. The maximum atomic E-state index is 13.3. The fourth-order valence-electron chi connectivity index (χ4n) is 1.50. The molecule has 0 aliphatic heterocycles. The van der Waals surface area contributed by atoms with E-state index >= 15 is 0 Å². The molecule has 0 unspecified atom stereocenters. The highest BCUT2D eigenvalue weighted by molar-refractivity contribution is 5.94. The summed E-state index contributed by atoms with van der Waals surface area (Å²) in [6, 6.07) is 5.55. The number of halogens is 3. The summed E-state index contributed by atoms with van der Waals surface area (Å²) in [7, 11) is 0. The molecule has 1 amide bonds. The van der Waals surface area contributed by atoms with E-state index in [4.69, 9.17) is 0 Å². The Hall–Kier alpha value is -2.37. The number of amides is 1. The van der Waals surface area contributed by atoms with Gasteiger partial charge >= 0.3 is 0 Å². The van der Waals surface area contributed by atoms with Gasteiger partial charge in [-0.1, -0.05) is 0 Å². The quantitative estimate of drug-likeness (QED) is 0.867. The van der Waals surface area contributed by atoms with Crippen LogP contribution in [0.5, 0.6) is 0 Å². The molecule has 2 rings (SSSR count). The Balaban J connectivity index is 2.09. The van der Waals surface area contributed by atoms with Crippen molar-refractivity contribution in [3.8, 4) is 0 Å². The van der Waals surface area contributed by atoms with Gasteiger partial charge in [-0.2, -0.15) is 4.39 Å². The first-order valence-electron chi connectivity index (χ1n) is 5.40. The van der Waals surface area contributed by atoms with Gasteiger partial charge in [-0.3, -0.25) is 4.79 Å². The second kappa shape index (κ2) is 5.51. The zero-order valence-electron chi connectivity index (χ0n) is 9.66. The largest absolute Gasteiger partial charge is 0.348 e. The molecule has 2 aromatic rings. The third kappa shape index (κ3) is 3.09. The van der Waals surface area contributed by atoms with E-state index in [1.807, 2.05) is 0 Å². The zero-order valence-corrected chi connectivity index (χ0v) is 9.66. The summed E-state index contributed by atoms with van der Waals surface area (Å²) < 4.78 is 39.4. The molecule has 19 heavy (non-hydrogen) atoms. The van der Waals surface area contributed by atoms with Gasteiger partial charge < -0.3 is 5.32 Å². The molecule has 0 bridgehead atoms. The number of aromatic nitrogens is 1. The second-order valence-corrected chi connectivity index (χ2v) is 3.76. The van der Waals surface area contributed by atoms with E-state index in [1.54, 1.807) is 0 Å². The summed E-state index contributed by atoms with van der Waals surface area (Å²) in [5.74, 6) is -2.92. The van der Waals surface area contributed by atoms with Gasteiger partial charge in [0.05, 0.1) is 5.56 Å². The fraction of sp³-hybridized carbons (Fsp3) is 0.0769. The van der Waals surface area contributed by atoms with Crippen molar-refractivity contribution >= 4 is 5.91 Å². The van der Waals surface area contributed by atoms with Crippen LogP contribution in [0.3, 0.4) is 0 Å². The zero-order chi connectivity index (χ0) is 13.8. The van der Waals surface area contributed by atoms with Crippen LogP contribution in [0.1, 0.15) is 15.9 Å². The minimum Gasteiger partial charge on any atom is -0.348 e. The van der Waals surface area contributed by atoms with Crippen molar-refractivity contribution in [2.75, 3.05) is 0 Å². The van der Waals surface area contributed by atoms with Crippen LogP contribution in [0.15, 0.2) is 36.5 Å². The van der Waals surface area contributed by atoms with Gasteiger partial charge in [-0.05, 0) is 30.3 Å². The summed E-state index contributed by atoms with van der Waals surface area (Å²) in [5.41, 5.74) is -0.267. The molecule has 0 aliphatic rings. The van der Waals surface area contributed by atoms with Crippen LogP contribution in [0, 0.1) is 17.6 Å². The van der Waals surface area contributed by atoms with Gasteiger partial charge in [0.25, 0.3) is 5.91 Å². The molecule has 0 spiro atoms. The van der Waals surface area contributed by atoms with E-state index in [2.05, 4.69) is 10.3 Å². The van der Waals surface area contributed by atoms with E-state index in [1.165, 1.54) is 18.3 Å². The van der Waals surface area contributed by atoms with E-state index in [0.29, 0.717) is 0 Å². The van der Waals surface area contributed by atoms with Gasteiger partial charge in [0.2, 0.25) is 5.95 Å². The molecule has 3 nitrogen and oxygen atoms in total. The minimum atomic E-state index is -0.917. The third-order valence-corrected chi connectivity index (χ3v) is 2.45.